The highest BCUT2D eigenvalue weighted by Crippen LogP contribution is 2.15. The van der Waals surface area contributed by atoms with Crippen LogP contribution in [0.25, 0.3) is 0 Å². The highest BCUT2D eigenvalue weighted by Gasteiger charge is 2.16. The first-order valence-corrected chi connectivity index (χ1v) is 6.74. The highest BCUT2D eigenvalue weighted by molar-refractivity contribution is 5.96. The molecule has 0 aliphatic carbocycles. The quantitative estimate of drug-likeness (QED) is 0.769. The number of aliphatic hydroxyl groups is 1. The predicted octanol–water partition coefficient (Wildman–Crippen LogP) is 1.86. The second-order valence-corrected chi connectivity index (χ2v) is 4.91. The molecule has 0 fully saturated rings. The first-order valence-electron chi connectivity index (χ1n) is 6.74. The molecule has 0 radical (unpaired) electrons. The van der Waals surface area contributed by atoms with Crippen LogP contribution in [0.2, 0.25) is 0 Å². The normalized spacial score (nSPS) is 12.5. The highest BCUT2D eigenvalue weighted by atomic mass is 19.3. The van der Waals surface area contributed by atoms with Gasteiger partial charge in [-0.1, -0.05) is 13.8 Å². The number of alkyl halides is 2. The summed E-state index contributed by atoms with van der Waals surface area (Å²) < 4.78 is 29.1. The molecule has 0 aliphatic heterocycles. The maximum Gasteiger partial charge on any atom is 0.272 e. The van der Waals surface area contributed by atoms with Crippen LogP contribution >= 0.6 is 0 Å². The topological polar surface area (TPSA) is 71.5 Å². The molecule has 0 aromatic carbocycles. The van der Waals surface area contributed by atoms with Gasteiger partial charge in [0.25, 0.3) is 12.3 Å². The van der Waals surface area contributed by atoms with E-state index >= 15 is 0 Å². The molecule has 0 saturated heterocycles. The second-order valence-electron chi connectivity index (χ2n) is 4.91. The molecular weight excluding hydrogens is 282 g/mol. The summed E-state index contributed by atoms with van der Waals surface area (Å²) in [6, 6.07) is 2.97. The molecule has 21 heavy (non-hydrogen) atoms. The van der Waals surface area contributed by atoms with Crippen molar-refractivity contribution in [2.45, 2.75) is 32.8 Å². The Hall–Kier alpha value is -1.76. The van der Waals surface area contributed by atoms with E-state index in [0.717, 1.165) is 0 Å². The predicted molar refractivity (Wildman–Crippen MR) is 73.5 cm³/mol. The lowest BCUT2D eigenvalue weighted by molar-refractivity contribution is 0.0769. The number of carbonyl (C=O) groups excluding carboxylic acids is 1. The standard InChI is InChI=1S/C14H20F2N2O3/c1-9(2)11(19)5-7-17-13(20)10-4-3-6-18-14(10)21-8-12(15)16/h3-4,6,9,11-12,19H,5,7-8H2,1-2H3,(H,17,20). The van der Waals surface area contributed by atoms with Crippen molar-refractivity contribution in [3.05, 3.63) is 23.9 Å². The summed E-state index contributed by atoms with van der Waals surface area (Å²) >= 11 is 0. The van der Waals surface area contributed by atoms with E-state index in [1.807, 2.05) is 13.8 Å². The minimum atomic E-state index is -2.64. The van der Waals surface area contributed by atoms with E-state index < -0.39 is 25.0 Å². The molecule has 1 aromatic heterocycles. The van der Waals surface area contributed by atoms with Crippen molar-refractivity contribution in [3.63, 3.8) is 0 Å². The number of nitrogens with zero attached hydrogens (tertiary/aromatic N) is 1. The molecule has 7 heteroatoms. The third kappa shape index (κ3) is 6.03. The zero-order valence-corrected chi connectivity index (χ0v) is 12.1. The van der Waals surface area contributed by atoms with Gasteiger partial charge in [-0.05, 0) is 24.5 Å². The Balaban J connectivity index is 2.57. The van der Waals surface area contributed by atoms with Crippen LogP contribution in [-0.4, -0.2) is 41.7 Å². The number of hydrogen-bond donors (Lipinski definition) is 2. The van der Waals surface area contributed by atoms with Gasteiger partial charge in [-0.25, -0.2) is 13.8 Å². The fraction of sp³-hybridized carbons (Fsp3) is 0.571. The summed E-state index contributed by atoms with van der Waals surface area (Å²) in [7, 11) is 0. The van der Waals surface area contributed by atoms with E-state index in [1.54, 1.807) is 0 Å². The average molecular weight is 302 g/mol. The Morgan fingerprint density at radius 3 is 2.81 bits per heavy atom. The lowest BCUT2D eigenvalue weighted by atomic mass is 10.0. The van der Waals surface area contributed by atoms with Gasteiger partial charge >= 0.3 is 0 Å². The zero-order chi connectivity index (χ0) is 15.8. The summed E-state index contributed by atoms with van der Waals surface area (Å²) in [6.45, 7) is 3.22. The molecule has 1 unspecified atom stereocenters. The van der Waals surface area contributed by atoms with Crippen molar-refractivity contribution in [1.29, 1.82) is 0 Å². The first-order chi connectivity index (χ1) is 9.91. The Kier molecular flexibility index (Phi) is 7.01. The molecule has 1 heterocycles. The number of rotatable bonds is 8. The average Bonchev–Trinajstić information content (AvgIpc) is 2.44. The lowest BCUT2D eigenvalue weighted by Gasteiger charge is -2.15. The molecule has 118 valence electrons. The Labute approximate surface area is 122 Å². The fourth-order valence-corrected chi connectivity index (χ4v) is 1.58. The summed E-state index contributed by atoms with van der Waals surface area (Å²) in [5, 5.41) is 12.2. The van der Waals surface area contributed by atoms with Crippen LogP contribution in [0.5, 0.6) is 5.88 Å². The molecule has 1 rings (SSSR count). The largest absolute Gasteiger partial charge is 0.471 e. The number of carbonyl (C=O) groups is 1. The molecule has 5 nitrogen and oxygen atoms in total. The molecule has 1 aromatic rings. The van der Waals surface area contributed by atoms with Gasteiger partial charge in [-0.2, -0.15) is 0 Å². The van der Waals surface area contributed by atoms with Crippen LogP contribution in [0.1, 0.15) is 30.6 Å². The summed E-state index contributed by atoms with van der Waals surface area (Å²) in [6.07, 6.45) is -1.37. The molecule has 1 atom stereocenters. The Bertz CT molecular complexity index is 456. The van der Waals surface area contributed by atoms with Crippen LogP contribution in [0.15, 0.2) is 18.3 Å². The summed E-state index contributed by atoms with van der Waals surface area (Å²) in [4.78, 5) is 15.7. The second kappa shape index (κ2) is 8.51. The number of aromatic nitrogens is 1. The summed E-state index contributed by atoms with van der Waals surface area (Å²) in [5.41, 5.74) is 0.0946. The number of nitrogens with one attached hydrogen (secondary N) is 1. The number of pyridine rings is 1. The van der Waals surface area contributed by atoms with Gasteiger partial charge in [0.15, 0.2) is 6.61 Å². The fourth-order valence-electron chi connectivity index (χ4n) is 1.58. The van der Waals surface area contributed by atoms with Gasteiger partial charge in [-0.3, -0.25) is 4.79 Å². The number of ether oxygens (including phenoxy) is 1. The Morgan fingerprint density at radius 2 is 2.19 bits per heavy atom. The van der Waals surface area contributed by atoms with Crippen LogP contribution in [0, 0.1) is 5.92 Å². The first kappa shape index (κ1) is 17.3. The van der Waals surface area contributed by atoms with E-state index in [-0.39, 0.29) is 23.9 Å². The molecule has 0 spiro atoms. The van der Waals surface area contributed by atoms with Gasteiger partial charge in [0.2, 0.25) is 5.88 Å². The van der Waals surface area contributed by atoms with Crippen molar-refractivity contribution in [2.24, 2.45) is 5.92 Å². The van der Waals surface area contributed by atoms with E-state index in [4.69, 9.17) is 4.74 Å². The SMILES string of the molecule is CC(C)C(O)CCNC(=O)c1cccnc1OCC(F)F. The number of amides is 1. The molecular formula is C14H20F2N2O3. The van der Waals surface area contributed by atoms with Crippen molar-refractivity contribution in [3.8, 4) is 5.88 Å². The number of aliphatic hydroxyl groups excluding tert-OH is 1. The van der Waals surface area contributed by atoms with Gasteiger partial charge in [-0.15, -0.1) is 0 Å². The van der Waals surface area contributed by atoms with E-state index in [0.29, 0.717) is 6.42 Å². The van der Waals surface area contributed by atoms with Gasteiger partial charge < -0.3 is 15.2 Å². The van der Waals surface area contributed by atoms with E-state index in [9.17, 15) is 18.7 Å². The monoisotopic (exact) mass is 302 g/mol. The molecule has 1 amide bonds. The van der Waals surface area contributed by atoms with Gasteiger partial charge in [0, 0.05) is 12.7 Å². The lowest BCUT2D eigenvalue weighted by Crippen LogP contribution is -2.29. The maximum atomic E-state index is 12.1. The van der Waals surface area contributed by atoms with E-state index in [1.165, 1.54) is 18.3 Å². The van der Waals surface area contributed by atoms with Crippen LogP contribution in [0.3, 0.4) is 0 Å². The third-order valence-corrected chi connectivity index (χ3v) is 2.86. The smallest absolute Gasteiger partial charge is 0.272 e. The third-order valence-electron chi connectivity index (χ3n) is 2.86. The van der Waals surface area contributed by atoms with Crippen LogP contribution < -0.4 is 10.1 Å². The Morgan fingerprint density at radius 1 is 1.48 bits per heavy atom. The molecule has 2 N–H and O–H groups in total. The van der Waals surface area contributed by atoms with Crippen LogP contribution in [0.4, 0.5) is 8.78 Å². The van der Waals surface area contributed by atoms with Gasteiger partial charge in [0.05, 0.1) is 6.10 Å². The van der Waals surface area contributed by atoms with Crippen molar-refractivity contribution >= 4 is 5.91 Å². The van der Waals surface area contributed by atoms with Crippen molar-refractivity contribution in [1.82, 2.24) is 10.3 Å². The van der Waals surface area contributed by atoms with Gasteiger partial charge in [0.1, 0.15) is 5.56 Å². The molecule has 0 saturated carbocycles. The summed E-state index contributed by atoms with van der Waals surface area (Å²) in [5.74, 6) is -0.492. The zero-order valence-electron chi connectivity index (χ0n) is 12.1. The maximum absolute atomic E-state index is 12.1. The van der Waals surface area contributed by atoms with Crippen LogP contribution in [-0.2, 0) is 0 Å². The molecule has 0 bridgehead atoms. The minimum absolute atomic E-state index is 0.0946. The molecule has 0 aliphatic rings. The number of hydrogen-bond acceptors (Lipinski definition) is 4. The number of halogens is 2. The van der Waals surface area contributed by atoms with E-state index in [2.05, 4.69) is 10.3 Å². The van der Waals surface area contributed by atoms with Crippen molar-refractivity contribution < 1.29 is 23.4 Å². The van der Waals surface area contributed by atoms with Crippen molar-refractivity contribution in [2.75, 3.05) is 13.2 Å². The minimum Gasteiger partial charge on any atom is -0.471 e.